The van der Waals surface area contributed by atoms with Gasteiger partial charge in [0.1, 0.15) is 0 Å². The second kappa shape index (κ2) is 4.25. The van der Waals surface area contributed by atoms with Gasteiger partial charge in [0.25, 0.3) is 0 Å². The predicted molar refractivity (Wildman–Crippen MR) is 73.5 cm³/mol. The maximum atomic E-state index is 11.8. The number of rotatable bonds is 2. The van der Waals surface area contributed by atoms with Crippen LogP contribution in [0.5, 0.6) is 0 Å². The molecule has 96 valence electrons. The first-order valence-corrected chi connectivity index (χ1v) is 6.08. The molecule has 18 heavy (non-hydrogen) atoms. The summed E-state index contributed by atoms with van der Waals surface area (Å²) in [6, 6.07) is 3.38. The molecule has 0 saturated carbocycles. The minimum absolute atomic E-state index is 0.292. The number of fused-ring (bicyclic) bond motifs is 1. The number of hydrogen-bond acceptors (Lipinski definition) is 3. The number of carbonyl (C=O) groups excluding carboxylic acids is 1. The molecule has 0 aliphatic heterocycles. The highest BCUT2D eigenvalue weighted by Gasteiger charge is 2.22. The summed E-state index contributed by atoms with van der Waals surface area (Å²) in [6.07, 6.45) is 0. The van der Waals surface area contributed by atoms with Crippen LogP contribution in [0.25, 0.3) is 11.0 Å². The molecule has 7 heteroatoms. The smallest absolute Gasteiger partial charge is 0.323 e. The maximum Gasteiger partial charge on any atom is 0.323 e. The van der Waals surface area contributed by atoms with Gasteiger partial charge in [-0.05, 0) is 41.9 Å². The first-order valence-electron chi connectivity index (χ1n) is 5.29. The number of hydrogen-bond donors (Lipinski definition) is 4. The minimum Gasteiger partial charge on any atom is -0.323 e. The van der Waals surface area contributed by atoms with E-state index in [9.17, 15) is 9.59 Å². The summed E-state index contributed by atoms with van der Waals surface area (Å²) in [5.41, 5.74) is 6.28. The first-order chi connectivity index (χ1) is 8.27. The van der Waals surface area contributed by atoms with Gasteiger partial charge in [-0.2, -0.15) is 0 Å². The molecule has 6 nitrogen and oxygen atoms in total. The Morgan fingerprint density at radius 3 is 2.44 bits per heavy atom. The molecule has 1 amide bonds. The largest absolute Gasteiger partial charge is 0.323 e. The van der Waals surface area contributed by atoms with Crippen LogP contribution >= 0.6 is 15.9 Å². The van der Waals surface area contributed by atoms with Crippen molar-refractivity contribution in [3.05, 3.63) is 27.1 Å². The van der Waals surface area contributed by atoms with Crippen LogP contribution in [0.3, 0.4) is 0 Å². The molecular formula is C11H13BrN4O2. The Labute approximate surface area is 111 Å². The predicted octanol–water partition coefficient (Wildman–Crippen LogP) is 1.29. The number of aromatic amines is 2. The van der Waals surface area contributed by atoms with Gasteiger partial charge in [-0.3, -0.25) is 4.79 Å². The van der Waals surface area contributed by atoms with Crippen molar-refractivity contribution in [3.8, 4) is 0 Å². The fourth-order valence-electron chi connectivity index (χ4n) is 1.44. The second-order valence-corrected chi connectivity index (χ2v) is 5.49. The van der Waals surface area contributed by atoms with Crippen molar-refractivity contribution in [1.29, 1.82) is 0 Å². The zero-order chi connectivity index (χ0) is 13.5. The molecule has 0 aliphatic carbocycles. The molecule has 5 N–H and O–H groups in total. The highest BCUT2D eigenvalue weighted by atomic mass is 79.9. The third-order valence-electron chi connectivity index (χ3n) is 2.44. The summed E-state index contributed by atoms with van der Waals surface area (Å²) >= 11 is 3.33. The van der Waals surface area contributed by atoms with Crippen LogP contribution in [0.1, 0.15) is 13.8 Å². The number of aromatic nitrogens is 2. The van der Waals surface area contributed by atoms with Gasteiger partial charge in [0.2, 0.25) is 5.91 Å². The Morgan fingerprint density at radius 2 is 1.89 bits per heavy atom. The molecule has 0 radical (unpaired) electrons. The van der Waals surface area contributed by atoms with E-state index in [4.69, 9.17) is 5.73 Å². The van der Waals surface area contributed by atoms with Crippen LogP contribution < -0.4 is 16.7 Å². The van der Waals surface area contributed by atoms with Gasteiger partial charge in [0.15, 0.2) is 0 Å². The normalized spacial score (nSPS) is 11.8. The molecule has 0 aliphatic rings. The number of carbonyl (C=O) groups is 1. The molecule has 0 saturated heterocycles. The van der Waals surface area contributed by atoms with E-state index in [1.165, 1.54) is 0 Å². The fraction of sp³-hybridized carbons (Fsp3) is 0.273. The van der Waals surface area contributed by atoms with E-state index in [2.05, 4.69) is 31.2 Å². The lowest BCUT2D eigenvalue weighted by atomic mass is 10.1. The van der Waals surface area contributed by atoms with Gasteiger partial charge in [-0.1, -0.05) is 0 Å². The Hall–Kier alpha value is -1.60. The number of nitrogens with one attached hydrogen (secondary N) is 3. The van der Waals surface area contributed by atoms with Crippen molar-refractivity contribution in [1.82, 2.24) is 9.97 Å². The number of benzene rings is 1. The number of anilines is 1. The Balaban J connectivity index is 2.42. The molecule has 1 aromatic carbocycles. The van der Waals surface area contributed by atoms with E-state index >= 15 is 0 Å². The van der Waals surface area contributed by atoms with Crippen LogP contribution in [0.4, 0.5) is 5.69 Å². The fourth-order valence-corrected chi connectivity index (χ4v) is 1.88. The quantitative estimate of drug-likeness (QED) is 0.671. The molecule has 0 atom stereocenters. The van der Waals surface area contributed by atoms with E-state index in [1.807, 2.05) is 0 Å². The lowest BCUT2D eigenvalue weighted by Gasteiger charge is -2.18. The SMILES string of the molecule is CC(C)(N)C(=O)Nc1cc2[nH]c(=O)[nH]c2cc1Br. The summed E-state index contributed by atoms with van der Waals surface area (Å²) in [7, 11) is 0. The number of halogens is 1. The van der Waals surface area contributed by atoms with Crippen molar-refractivity contribution in [3.63, 3.8) is 0 Å². The highest BCUT2D eigenvalue weighted by Crippen LogP contribution is 2.26. The molecule has 0 bridgehead atoms. The third kappa shape index (κ3) is 2.46. The molecule has 1 heterocycles. The summed E-state index contributed by atoms with van der Waals surface area (Å²) in [4.78, 5) is 28.2. The van der Waals surface area contributed by atoms with Gasteiger partial charge in [-0.25, -0.2) is 4.79 Å². The van der Waals surface area contributed by atoms with E-state index < -0.39 is 5.54 Å². The standard InChI is InChI=1S/C11H13BrN4O2/c1-11(2,13)9(17)14-6-4-8-7(3-5(6)12)15-10(18)16-8/h3-4H,13H2,1-2H3,(H,14,17)(H2,15,16,18). The van der Waals surface area contributed by atoms with Gasteiger partial charge in [0.05, 0.1) is 22.3 Å². The minimum atomic E-state index is -0.972. The van der Waals surface area contributed by atoms with Crippen molar-refractivity contribution in [2.24, 2.45) is 5.73 Å². The topological polar surface area (TPSA) is 104 Å². The van der Waals surface area contributed by atoms with Crippen molar-refractivity contribution in [2.45, 2.75) is 19.4 Å². The zero-order valence-electron chi connectivity index (χ0n) is 9.93. The molecule has 1 aromatic heterocycles. The van der Waals surface area contributed by atoms with Crippen LogP contribution in [0, 0.1) is 0 Å². The number of H-pyrrole nitrogens is 2. The lowest BCUT2D eigenvalue weighted by molar-refractivity contribution is -0.120. The van der Waals surface area contributed by atoms with Gasteiger partial charge in [0, 0.05) is 4.47 Å². The number of imidazole rings is 1. The van der Waals surface area contributed by atoms with E-state index in [1.54, 1.807) is 26.0 Å². The van der Waals surface area contributed by atoms with Gasteiger partial charge in [-0.15, -0.1) is 0 Å². The van der Waals surface area contributed by atoms with Crippen molar-refractivity contribution in [2.75, 3.05) is 5.32 Å². The molecule has 0 spiro atoms. The van der Waals surface area contributed by atoms with E-state index in [0.717, 1.165) is 0 Å². The van der Waals surface area contributed by atoms with Crippen LogP contribution in [-0.2, 0) is 4.79 Å². The number of amides is 1. The molecule has 2 aromatic rings. The monoisotopic (exact) mass is 312 g/mol. The molecule has 0 fully saturated rings. The van der Waals surface area contributed by atoms with Crippen molar-refractivity contribution < 1.29 is 4.79 Å². The van der Waals surface area contributed by atoms with Crippen LogP contribution in [-0.4, -0.2) is 21.4 Å². The average molecular weight is 313 g/mol. The van der Waals surface area contributed by atoms with Crippen LogP contribution in [0.15, 0.2) is 21.4 Å². The average Bonchev–Trinajstić information content (AvgIpc) is 2.56. The van der Waals surface area contributed by atoms with Crippen LogP contribution in [0.2, 0.25) is 0 Å². The Kier molecular flexibility index (Phi) is 3.04. The summed E-state index contributed by atoms with van der Waals surface area (Å²) in [5.74, 6) is -0.305. The molecule has 0 unspecified atom stereocenters. The zero-order valence-corrected chi connectivity index (χ0v) is 11.5. The third-order valence-corrected chi connectivity index (χ3v) is 3.09. The summed E-state index contributed by atoms with van der Waals surface area (Å²) < 4.78 is 0.669. The first kappa shape index (κ1) is 12.8. The Morgan fingerprint density at radius 1 is 1.33 bits per heavy atom. The summed E-state index contributed by atoms with van der Waals surface area (Å²) in [6.45, 7) is 3.24. The lowest BCUT2D eigenvalue weighted by Crippen LogP contribution is -2.45. The maximum absolute atomic E-state index is 11.8. The number of nitrogens with two attached hydrogens (primary N) is 1. The Bertz CT molecular complexity index is 666. The van der Waals surface area contributed by atoms with Gasteiger partial charge < -0.3 is 21.0 Å². The van der Waals surface area contributed by atoms with Gasteiger partial charge >= 0.3 is 5.69 Å². The van der Waals surface area contributed by atoms with Crippen molar-refractivity contribution >= 4 is 38.6 Å². The molecule has 2 rings (SSSR count). The second-order valence-electron chi connectivity index (χ2n) is 4.63. The summed E-state index contributed by atoms with van der Waals surface area (Å²) in [5, 5.41) is 2.70. The van der Waals surface area contributed by atoms with E-state index in [0.29, 0.717) is 21.2 Å². The highest BCUT2D eigenvalue weighted by molar-refractivity contribution is 9.10. The van der Waals surface area contributed by atoms with E-state index in [-0.39, 0.29) is 11.6 Å². The molecular weight excluding hydrogens is 300 g/mol.